The first kappa shape index (κ1) is 34.0. The van der Waals surface area contributed by atoms with Gasteiger partial charge in [-0.25, -0.2) is 0 Å². The third-order valence-electron chi connectivity index (χ3n) is 8.21. The summed E-state index contributed by atoms with van der Waals surface area (Å²) in [6, 6.07) is 35.8. The second-order valence-electron chi connectivity index (χ2n) is 11.8. The molecule has 0 aliphatic rings. The molecule has 0 spiro atoms. The molecule has 0 aliphatic carbocycles. The van der Waals surface area contributed by atoms with E-state index in [4.69, 9.17) is 0 Å². The molecule has 0 aliphatic heterocycles. The lowest BCUT2D eigenvalue weighted by Gasteiger charge is -2.10. The van der Waals surface area contributed by atoms with Crippen LogP contribution in [-0.4, -0.2) is 21.7 Å². The van der Waals surface area contributed by atoms with E-state index in [1.165, 1.54) is 35.6 Å². The Morgan fingerprint density at radius 3 is 1.32 bits per heavy atom. The van der Waals surface area contributed by atoms with Crippen LogP contribution in [-0.2, 0) is 0 Å². The average molecular weight is 723 g/mol. The summed E-state index contributed by atoms with van der Waals surface area (Å²) in [5, 5.41) is 34.6. The van der Waals surface area contributed by atoms with Crippen molar-refractivity contribution in [1.29, 1.82) is 0 Å². The van der Waals surface area contributed by atoms with E-state index >= 15 is 0 Å². The number of carbonyl (C=O) groups excluding carboxylic acids is 2. The van der Waals surface area contributed by atoms with Crippen LogP contribution in [0.25, 0.3) is 20.2 Å². The maximum Gasteiger partial charge on any atom is 0.269 e. The van der Waals surface area contributed by atoms with Crippen LogP contribution in [0.2, 0.25) is 0 Å². The minimum absolute atomic E-state index is 0.00341. The number of nitro benzene ring substituents is 2. The second kappa shape index (κ2) is 14.4. The highest BCUT2D eigenvalue weighted by Crippen LogP contribution is 2.28. The first-order valence-corrected chi connectivity index (χ1v) is 16.8. The van der Waals surface area contributed by atoms with Gasteiger partial charge in [0.25, 0.3) is 23.2 Å². The number of rotatable bonds is 10. The summed E-state index contributed by atoms with van der Waals surface area (Å²) in [5.41, 5.74) is 4.29. The molecule has 53 heavy (non-hydrogen) atoms. The van der Waals surface area contributed by atoms with Crippen molar-refractivity contribution in [3.8, 4) is 0 Å². The monoisotopic (exact) mass is 722 g/mol. The van der Waals surface area contributed by atoms with Crippen LogP contribution < -0.4 is 26.7 Å². The van der Waals surface area contributed by atoms with Gasteiger partial charge in [0.1, 0.15) is 0 Å². The molecule has 13 nitrogen and oxygen atoms in total. The summed E-state index contributed by atoms with van der Waals surface area (Å²) in [6.45, 7) is 0. The van der Waals surface area contributed by atoms with Gasteiger partial charge in [0.2, 0.25) is 0 Å². The van der Waals surface area contributed by atoms with Gasteiger partial charge < -0.3 is 21.3 Å². The molecule has 0 saturated carbocycles. The van der Waals surface area contributed by atoms with E-state index in [1.807, 2.05) is 0 Å². The Bertz CT molecular complexity index is 2610. The summed E-state index contributed by atoms with van der Waals surface area (Å²) in [4.78, 5) is 60.7. The van der Waals surface area contributed by atoms with Crippen LogP contribution in [0.3, 0.4) is 0 Å². The molecule has 260 valence electrons. The molecular weight excluding hydrogens is 697 g/mol. The highest BCUT2D eigenvalue weighted by Gasteiger charge is 2.14. The van der Waals surface area contributed by atoms with Crippen molar-refractivity contribution < 1.29 is 19.4 Å². The Kier molecular flexibility index (Phi) is 9.26. The number of amides is 2. The van der Waals surface area contributed by atoms with Gasteiger partial charge in [-0.05, 0) is 109 Å². The Balaban J connectivity index is 1.01. The van der Waals surface area contributed by atoms with Gasteiger partial charge in [-0.3, -0.25) is 34.6 Å². The summed E-state index contributed by atoms with van der Waals surface area (Å²) >= 11 is 1.34. The number of hydrogen-bond acceptors (Lipinski definition) is 10. The van der Waals surface area contributed by atoms with E-state index in [-0.39, 0.29) is 22.7 Å². The Morgan fingerprint density at radius 1 is 0.472 bits per heavy atom. The van der Waals surface area contributed by atoms with Crippen LogP contribution in [0, 0.1) is 20.2 Å². The molecule has 7 aromatic rings. The standard InChI is InChI=1S/C39H26N6O7S/c46-37-33-19-1-24(39(48)43-30-9-5-26(6-10-30)41-28-13-17-32(18-14-28)45(51)52)22-36(33)53-35-20-2-23(21-34(35)37)38(47)42-29-7-3-25(4-8-29)40-27-11-15-31(16-12-27)44(49)50/h1-22,40-41H,(H,42,47)(H,43,48). The van der Waals surface area contributed by atoms with Gasteiger partial charge in [0, 0.05) is 89.7 Å². The maximum absolute atomic E-state index is 13.5. The third kappa shape index (κ3) is 7.67. The van der Waals surface area contributed by atoms with Crippen molar-refractivity contribution in [2.24, 2.45) is 0 Å². The lowest BCUT2D eigenvalue weighted by Crippen LogP contribution is -2.13. The first-order valence-electron chi connectivity index (χ1n) is 16.0. The van der Waals surface area contributed by atoms with E-state index in [0.29, 0.717) is 54.0 Å². The maximum atomic E-state index is 13.5. The number of hydrogen-bond donors (Lipinski definition) is 4. The summed E-state index contributed by atoms with van der Waals surface area (Å²) in [7, 11) is 0. The van der Waals surface area contributed by atoms with Gasteiger partial charge in [-0.2, -0.15) is 0 Å². The number of benzene rings is 6. The molecule has 0 saturated heterocycles. The molecule has 6 aromatic carbocycles. The molecular formula is C39H26N6O7S. The fourth-order valence-electron chi connectivity index (χ4n) is 5.48. The summed E-state index contributed by atoms with van der Waals surface area (Å²) < 4.78 is 1.28. The van der Waals surface area contributed by atoms with Crippen molar-refractivity contribution in [3.63, 3.8) is 0 Å². The predicted molar refractivity (Wildman–Crippen MR) is 207 cm³/mol. The molecule has 0 radical (unpaired) electrons. The number of nitro groups is 2. The van der Waals surface area contributed by atoms with E-state index < -0.39 is 15.8 Å². The predicted octanol–water partition coefficient (Wildman–Crippen LogP) is 9.22. The molecule has 14 heteroatoms. The minimum Gasteiger partial charge on any atom is -0.356 e. The number of non-ortho nitro benzene ring substituents is 2. The zero-order valence-electron chi connectivity index (χ0n) is 27.4. The van der Waals surface area contributed by atoms with E-state index in [0.717, 1.165) is 11.4 Å². The topological polar surface area (TPSA) is 186 Å². The lowest BCUT2D eigenvalue weighted by atomic mass is 10.1. The zero-order valence-corrected chi connectivity index (χ0v) is 28.2. The van der Waals surface area contributed by atoms with E-state index in [2.05, 4.69) is 21.3 Å². The average Bonchev–Trinajstić information content (AvgIpc) is 3.16. The van der Waals surface area contributed by atoms with Crippen molar-refractivity contribution >= 4 is 88.8 Å². The lowest BCUT2D eigenvalue weighted by molar-refractivity contribution is -0.385. The molecule has 0 unspecified atom stereocenters. The number of fused-ring (bicyclic) bond motifs is 2. The van der Waals surface area contributed by atoms with Gasteiger partial charge in [0.15, 0.2) is 5.43 Å². The molecule has 0 atom stereocenters. The SMILES string of the molecule is O=C(Nc1ccc(Nc2ccc([N+](=O)[O-])cc2)cc1)c1ccc2c(=O)c3cc(C(=O)Nc4ccc(Nc5ccc([N+](=O)[O-])cc5)cc4)ccc3sc2c1. The largest absolute Gasteiger partial charge is 0.356 e. The highest BCUT2D eigenvalue weighted by molar-refractivity contribution is 7.24. The number of nitrogens with zero attached hydrogens (tertiary/aromatic N) is 2. The van der Waals surface area contributed by atoms with E-state index in [9.17, 15) is 34.6 Å². The van der Waals surface area contributed by atoms with Gasteiger partial charge in [-0.1, -0.05) is 0 Å². The van der Waals surface area contributed by atoms with Crippen LogP contribution in [0.15, 0.2) is 138 Å². The van der Waals surface area contributed by atoms with Crippen molar-refractivity contribution in [3.05, 3.63) is 175 Å². The Hall–Kier alpha value is -7.45. The molecule has 1 aromatic heterocycles. The van der Waals surface area contributed by atoms with E-state index in [1.54, 1.807) is 109 Å². The van der Waals surface area contributed by atoms with Crippen molar-refractivity contribution in [2.45, 2.75) is 0 Å². The Labute approximate surface area is 303 Å². The van der Waals surface area contributed by atoms with Crippen LogP contribution in [0.1, 0.15) is 20.7 Å². The van der Waals surface area contributed by atoms with Crippen molar-refractivity contribution in [1.82, 2.24) is 0 Å². The molecule has 7 rings (SSSR count). The number of nitrogens with one attached hydrogen (secondary N) is 4. The normalized spacial score (nSPS) is 10.8. The number of carbonyl (C=O) groups is 2. The summed E-state index contributed by atoms with van der Waals surface area (Å²) in [5.74, 6) is -0.750. The fourth-order valence-corrected chi connectivity index (χ4v) is 6.57. The van der Waals surface area contributed by atoms with Gasteiger partial charge in [0.05, 0.1) is 9.85 Å². The minimum atomic E-state index is -0.465. The van der Waals surface area contributed by atoms with Gasteiger partial charge >= 0.3 is 0 Å². The molecule has 0 fully saturated rings. The zero-order chi connectivity index (χ0) is 37.1. The molecule has 2 amide bonds. The smallest absolute Gasteiger partial charge is 0.269 e. The molecule has 0 bridgehead atoms. The van der Waals surface area contributed by atoms with Gasteiger partial charge in [-0.15, -0.1) is 11.3 Å². The fraction of sp³-hybridized carbons (Fsp3) is 0. The quantitative estimate of drug-likeness (QED) is 0.0607. The third-order valence-corrected chi connectivity index (χ3v) is 9.35. The first-order chi connectivity index (χ1) is 25.6. The van der Waals surface area contributed by atoms with Crippen molar-refractivity contribution in [2.75, 3.05) is 21.3 Å². The van der Waals surface area contributed by atoms with Crippen LogP contribution >= 0.6 is 11.3 Å². The molecule has 1 heterocycles. The highest BCUT2D eigenvalue weighted by atomic mass is 32.1. The molecule has 4 N–H and O–H groups in total. The Morgan fingerprint density at radius 2 is 0.868 bits per heavy atom. The summed E-state index contributed by atoms with van der Waals surface area (Å²) in [6.07, 6.45) is 0. The van der Waals surface area contributed by atoms with Crippen LogP contribution in [0.5, 0.6) is 0 Å². The van der Waals surface area contributed by atoms with Crippen LogP contribution in [0.4, 0.5) is 45.5 Å². The second-order valence-corrected chi connectivity index (χ2v) is 12.9. The number of anilines is 6.